The second kappa shape index (κ2) is 5.89. The summed E-state index contributed by atoms with van der Waals surface area (Å²) in [6, 6.07) is 6.83. The maximum atomic E-state index is 10.5. The van der Waals surface area contributed by atoms with Gasteiger partial charge in [0.1, 0.15) is 0 Å². The third-order valence-corrected chi connectivity index (χ3v) is 5.02. The molecule has 1 aliphatic rings. The maximum Gasteiger partial charge on any atom is 0.0576 e. The summed E-state index contributed by atoms with van der Waals surface area (Å²) in [7, 11) is 0. The predicted octanol–water partition coefficient (Wildman–Crippen LogP) is 4.67. The van der Waals surface area contributed by atoms with Gasteiger partial charge in [-0.05, 0) is 55.9 Å². The van der Waals surface area contributed by atoms with Crippen LogP contribution in [-0.2, 0) is 6.42 Å². The minimum absolute atomic E-state index is 0.125. The molecule has 1 heteroatoms. The first kappa shape index (κ1) is 15.6. The number of benzene rings is 1. The Bertz CT molecular complexity index is 441. The maximum absolute atomic E-state index is 10.5. The zero-order chi connectivity index (χ0) is 14.9. The zero-order valence-corrected chi connectivity index (χ0v) is 13.7. The van der Waals surface area contributed by atoms with Crippen molar-refractivity contribution in [2.45, 2.75) is 66.4 Å². The summed E-state index contributed by atoms with van der Waals surface area (Å²) < 4.78 is 0. The van der Waals surface area contributed by atoms with Crippen LogP contribution in [0.2, 0.25) is 0 Å². The van der Waals surface area contributed by atoms with E-state index in [1.165, 1.54) is 29.5 Å². The van der Waals surface area contributed by atoms with Crippen LogP contribution in [0.4, 0.5) is 0 Å². The van der Waals surface area contributed by atoms with Crippen LogP contribution in [0, 0.1) is 31.1 Å². The number of aliphatic hydroxyl groups excluding tert-OH is 1. The molecule has 0 aliphatic heterocycles. The summed E-state index contributed by atoms with van der Waals surface area (Å²) in [6.45, 7) is 11.3. The van der Waals surface area contributed by atoms with E-state index >= 15 is 0 Å². The molecule has 0 spiro atoms. The molecule has 3 atom stereocenters. The lowest BCUT2D eigenvalue weighted by atomic mass is 9.65. The highest BCUT2D eigenvalue weighted by Gasteiger charge is 2.38. The van der Waals surface area contributed by atoms with Crippen molar-refractivity contribution in [1.82, 2.24) is 0 Å². The molecule has 0 amide bonds. The highest BCUT2D eigenvalue weighted by atomic mass is 16.3. The first-order chi connectivity index (χ1) is 9.28. The average Bonchev–Trinajstić information content (AvgIpc) is 2.25. The van der Waals surface area contributed by atoms with Crippen molar-refractivity contribution in [2.24, 2.45) is 17.3 Å². The number of hydrogen-bond acceptors (Lipinski definition) is 1. The fourth-order valence-corrected chi connectivity index (χ4v) is 4.09. The van der Waals surface area contributed by atoms with Gasteiger partial charge in [-0.15, -0.1) is 0 Å². The fraction of sp³-hybridized carbons (Fsp3) is 0.684. The molecule has 1 aromatic carbocycles. The smallest absolute Gasteiger partial charge is 0.0576 e. The lowest BCUT2D eigenvalue weighted by Crippen LogP contribution is -2.39. The molecule has 1 aliphatic carbocycles. The second-order valence-electron chi connectivity index (χ2n) is 7.75. The van der Waals surface area contributed by atoms with Gasteiger partial charge in [-0.3, -0.25) is 0 Å². The topological polar surface area (TPSA) is 20.2 Å². The van der Waals surface area contributed by atoms with Gasteiger partial charge in [0.25, 0.3) is 0 Å². The molecule has 1 fully saturated rings. The van der Waals surface area contributed by atoms with Crippen molar-refractivity contribution in [3.63, 3.8) is 0 Å². The Hall–Kier alpha value is -0.820. The SMILES string of the molecule is Cc1cc(C)cc(CC(C)(C)C2CCC(C)CC2O)c1. The van der Waals surface area contributed by atoms with E-state index in [0.29, 0.717) is 11.8 Å². The number of aliphatic hydroxyl groups is 1. The molecule has 0 bridgehead atoms. The number of rotatable bonds is 3. The molecule has 1 saturated carbocycles. The van der Waals surface area contributed by atoms with E-state index < -0.39 is 0 Å². The summed E-state index contributed by atoms with van der Waals surface area (Å²) in [6.07, 6.45) is 4.34. The summed E-state index contributed by atoms with van der Waals surface area (Å²) >= 11 is 0. The van der Waals surface area contributed by atoms with Gasteiger partial charge in [-0.25, -0.2) is 0 Å². The molecule has 2 rings (SSSR count). The van der Waals surface area contributed by atoms with Crippen molar-refractivity contribution in [1.29, 1.82) is 0 Å². The van der Waals surface area contributed by atoms with E-state index in [1.54, 1.807) is 0 Å². The van der Waals surface area contributed by atoms with E-state index in [0.717, 1.165) is 12.8 Å². The number of aryl methyl sites for hydroxylation is 2. The Labute approximate surface area is 124 Å². The van der Waals surface area contributed by atoms with Crippen molar-refractivity contribution in [2.75, 3.05) is 0 Å². The average molecular weight is 274 g/mol. The number of hydrogen-bond donors (Lipinski definition) is 1. The van der Waals surface area contributed by atoms with Crippen LogP contribution in [0.1, 0.15) is 56.7 Å². The zero-order valence-electron chi connectivity index (χ0n) is 13.7. The summed E-state index contributed by atoms with van der Waals surface area (Å²) in [5.74, 6) is 1.11. The molecular formula is C19H30O. The highest BCUT2D eigenvalue weighted by molar-refractivity contribution is 5.29. The molecule has 112 valence electrons. The standard InChI is InChI=1S/C19H30O/c1-13-6-7-17(18(20)11-13)19(4,5)12-16-9-14(2)8-15(3)10-16/h8-10,13,17-18,20H,6-7,11-12H2,1-5H3. The Morgan fingerprint density at radius 2 is 1.70 bits per heavy atom. The van der Waals surface area contributed by atoms with Crippen molar-refractivity contribution < 1.29 is 5.11 Å². The lowest BCUT2D eigenvalue weighted by molar-refractivity contribution is -0.0125. The van der Waals surface area contributed by atoms with Crippen molar-refractivity contribution >= 4 is 0 Å². The molecule has 1 aromatic rings. The van der Waals surface area contributed by atoms with E-state index in [1.807, 2.05) is 0 Å². The third kappa shape index (κ3) is 3.63. The summed E-state index contributed by atoms with van der Waals surface area (Å²) in [4.78, 5) is 0. The van der Waals surface area contributed by atoms with Crippen LogP contribution >= 0.6 is 0 Å². The Morgan fingerprint density at radius 1 is 1.10 bits per heavy atom. The van der Waals surface area contributed by atoms with Crippen molar-refractivity contribution in [3.8, 4) is 0 Å². The van der Waals surface area contributed by atoms with Gasteiger partial charge < -0.3 is 5.11 Å². The molecular weight excluding hydrogens is 244 g/mol. The van der Waals surface area contributed by atoms with Gasteiger partial charge in [0.15, 0.2) is 0 Å². The molecule has 0 aromatic heterocycles. The van der Waals surface area contributed by atoms with Gasteiger partial charge in [0.2, 0.25) is 0 Å². The molecule has 1 N–H and O–H groups in total. The van der Waals surface area contributed by atoms with E-state index in [4.69, 9.17) is 0 Å². The molecule has 0 radical (unpaired) electrons. The van der Waals surface area contributed by atoms with Gasteiger partial charge in [-0.1, -0.05) is 56.5 Å². The molecule has 0 saturated heterocycles. The quantitative estimate of drug-likeness (QED) is 0.849. The normalized spacial score (nSPS) is 27.6. The minimum atomic E-state index is -0.125. The lowest BCUT2D eigenvalue weighted by Gasteiger charge is -2.42. The minimum Gasteiger partial charge on any atom is -0.393 e. The fourth-order valence-electron chi connectivity index (χ4n) is 4.09. The molecule has 20 heavy (non-hydrogen) atoms. The highest BCUT2D eigenvalue weighted by Crippen LogP contribution is 2.42. The van der Waals surface area contributed by atoms with Crippen LogP contribution in [0.3, 0.4) is 0 Å². The summed E-state index contributed by atoms with van der Waals surface area (Å²) in [5.41, 5.74) is 4.26. The van der Waals surface area contributed by atoms with Crippen LogP contribution in [0.15, 0.2) is 18.2 Å². The third-order valence-electron chi connectivity index (χ3n) is 5.02. The summed E-state index contributed by atoms with van der Waals surface area (Å²) in [5, 5.41) is 10.5. The van der Waals surface area contributed by atoms with Crippen LogP contribution < -0.4 is 0 Å². The first-order valence-electron chi connectivity index (χ1n) is 8.03. The van der Waals surface area contributed by atoms with Crippen LogP contribution in [0.5, 0.6) is 0 Å². The Kier molecular flexibility index (Phi) is 4.59. The molecule has 3 unspecified atom stereocenters. The van der Waals surface area contributed by atoms with E-state index in [9.17, 15) is 5.11 Å². The van der Waals surface area contributed by atoms with Crippen LogP contribution in [-0.4, -0.2) is 11.2 Å². The van der Waals surface area contributed by atoms with Crippen LogP contribution in [0.25, 0.3) is 0 Å². The van der Waals surface area contributed by atoms with E-state index in [-0.39, 0.29) is 11.5 Å². The Balaban J connectivity index is 2.13. The first-order valence-corrected chi connectivity index (χ1v) is 8.03. The predicted molar refractivity (Wildman–Crippen MR) is 85.9 cm³/mol. The molecule has 1 nitrogen and oxygen atoms in total. The van der Waals surface area contributed by atoms with Gasteiger partial charge in [0, 0.05) is 0 Å². The van der Waals surface area contributed by atoms with E-state index in [2.05, 4.69) is 52.8 Å². The van der Waals surface area contributed by atoms with Gasteiger partial charge in [-0.2, -0.15) is 0 Å². The Morgan fingerprint density at radius 3 is 2.25 bits per heavy atom. The monoisotopic (exact) mass is 274 g/mol. The molecule has 0 heterocycles. The second-order valence-corrected chi connectivity index (χ2v) is 7.75. The largest absolute Gasteiger partial charge is 0.393 e. The van der Waals surface area contributed by atoms with Gasteiger partial charge in [0.05, 0.1) is 6.10 Å². The van der Waals surface area contributed by atoms with Crippen molar-refractivity contribution in [3.05, 3.63) is 34.9 Å². The van der Waals surface area contributed by atoms with Gasteiger partial charge >= 0.3 is 0 Å².